The third kappa shape index (κ3) is 16.0. The van der Waals surface area contributed by atoms with E-state index in [4.69, 9.17) is 19.9 Å². The van der Waals surface area contributed by atoms with Crippen LogP contribution in [0.1, 0.15) is 114 Å². The third-order valence-electron chi connectivity index (χ3n) is 14.0. The molecule has 2 aromatic carbocycles. The van der Waals surface area contributed by atoms with Crippen LogP contribution in [0, 0.1) is 16.7 Å². The summed E-state index contributed by atoms with van der Waals surface area (Å²) in [6.45, 7) is 8.91. The second-order valence-corrected chi connectivity index (χ2v) is 20.9. The normalized spacial score (nSPS) is 19.1. The average Bonchev–Trinajstić information content (AvgIpc) is 3.95. The number of likely N-dealkylation sites (tertiary alicyclic amines) is 1. The first-order chi connectivity index (χ1) is 37.1. The number of urea groups is 1. The molecule has 0 radical (unpaired) electrons. The number of unbranched alkanes of at least 4 members (excludes halogenated alkanes) is 2. The Morgan fingerprint density at radius 3 is 2.06 bits per heavy atom. The lowest BCUT2D eigenvalue weighted by molar-refractivity contribution is -0.151. The largest absolute Gasteiger partial charge is 0.509 e. The maximum atomic E-state index is 14.2. The van der Waals surface area contributed by atoms with Gasteiger partial charge in [-0.15, -0.1) is 0 Å². The van der Waals surface area contributed by atoms with Crippen LogP contribution in [0.3, 0.4) is 0 Å². The molecule has 24 heteroatoms. The van der Waals surface area contributed by atoms with Gasteiger partial charge in [0.05, 0.1) is 24.2 Å². The number of nitrogens with two attached hydrogens (primary N) is 1. The molecule has 1 saturated carbocycles. The lowest BCUT2D eigenvalue weighted by Gasteiger charge is -2.39. The number of rotatable bonds is 22. The van der Waals surface area contributed by atoms with Crippen LogP contribution >= 0.6 is 0 Å². The fraction of sp³-hybridized carbons (Fsp3) is 0.537. The van der Waals surface area contributed by atoms with Gasteiger partial charge in [0.15, 0.2) is 0 Å². The highest BCUT2D eigenvalue weighted by Crippen LogP contribution is 2.42. The van der Waals surface area contributed by atoms with Gasteiger partial charge in [0.1, 0.15) is 29.2 Å². The number of nitrogens with zero attached hydrogens (tertiary/aromatic N) is 5. The van der Waals surface area contributed by atoms with E-state index in [1.165, 1.54) is 41.3 Å². The van der Waals surface area contributed by atoms with Gasteiger partial charge in [-0.25, -0.2) is 14.4 Å². The van der Waals surface area contributed by atoms with E-state index < -0.39 is 89.2 Å². The fourth-order valence-corrected chi connectivity index (χ4v) is 9.34. The number of nitrogens with one attached hydrogen (secondary N) is 5. The molecule has 10 amide bonds. The molecule has 2 saturated heterocycles. The number of likely N-dealkylation sites (N-methyl/N-ethyl adjacent to an activating group) is 1. The van der Waals surface area contributed by atoms with Gasteiger partial charge in [0.25, 0.3) is 17.7 Å². The van der Waals surface area contributed by atoms with E-state index in [0.717, 1.165) is 4.90 Å². The Kier molecular flexibility index (Phi) is 20.3. The summed E-state index contributed by atoms with van der Waals surface area (Å²) in [5.41, 5.74) is 4.52. The molecule has 3 heterocycles. The number of primary amides is 1. The summed E-state index contributed by atoms with van der Waals surface area (Å²) < 4.78 is 17.2. The summed E-state index contributed by atoms with van der Waals surface area (Å²) in [6, 6.07) is 11.1. The maximum absolute atomic E-state index is 14.2. The zero-order chi connectivity index (χ0) is 56.7. The van der Waals surface area contributed by atoms with Crippen molar-refractivity contribution in [1.29, 1.82) is 5.26 Å². The van der Waals surface area contributed by atoms with Crippen LogP contribution in [-0.2, 0) is 47.8 Å². The smallest absolute Gasteiger partial charge is 0.444 e. The SMILES string of the molecule is C[C@H](NC(=O)[C@@H]1C[C@@H](OC(=O)OC(C(=O)N2CCN(C)CC2)c2ccc(NC(=O)[C@H](CCCNC(N)=O)NC(=O)C3(C(=O)NCCCCCN4C(=O)C=CC4=O)CCC3)cc2)CN1C(=O)OC(C)(C)C)c1ccc(C#N)cc1. The number of carbonyl (C=O) groups excluding carboxylic acids is 10. The minimum atomic E-state index is -1.53. The predicted octanol–water partition coefficient (Wildman–Crippen LogP) is 3.04. The van der Waals surface area contributed by atoms with E-state index in [-0.39, 0.29) is 81.3 Å². The molecule has 3 aliphatic heterocycles. The molecule has 2 aromatic rings. The molecular formula is C54H71N11O13. The van der Waals surface area contributed by atoms with E-state index >= 15 is 0 Å². The van der Waals surface area contributed by atoms with E-state index in [9.17, 15) is 53.2 Å². The van der Waals surface area contributed by atoms with Gasteiger partial charge in [-0.2, -0.15) is 5.26 Å². The second kappa shape index (κ2) is 26.8. The van der Waals surface area contributed by atoms with Gasteiger partial charge in [0.2, 0.25) is 29.7 Å². The number of carbonyl (C=O) groups is 10. The van der Waals surface area contributed by atoms with Gasteiger partial charge < -0.3 is 56.3 Å². The molecular weight excluding hydrogens is 1010 g/mol. The molecule has 1 unspecified atom stereocenters. The number of hydrogen-bond donors (Lipinski definition) is 6. The topological polar surface area (TPSA) is 321 Å². The second-order valence-electron chi connectivity index (χ2n) is 20.9. The zero-order valence-corrected chi connectivity index (χ0v) is 44.8. The van der Waals surface area contributed by atoms with Gasteiger partial charge >= 0.3 is 18.3 Å². The van der Waals surface area contributed by atoms with Crippen molar-refractivity contribution in [3.8, 4) is 6.07 Å². The molecule has 0 bridgehead atoms. The first-order valence-electron chi connectivity index (χ1n) is 26.3. The Hall–Kier alpha value is -8.07. The minimum absolute atomic E-state index is 0.0440. The van der Waals surface area contributed by atoms with Crippen molar-refractivity contribution in [2.45, 2.75) is 121 Å². The van der Waals surface area contributed by atoms with E-state index in [0.29, 0.717) is 63.0 Å². The Labute approximate surface area is 453 Å². The quantitative estimate of drug-likeness (QED) is 0.0427. The molecule has 6 rings (SSSR count). The number of imide groups is 1. The maximum Gasteiger partial charge on any atom is 0.509 e. The molecule has 5 atom stereocenters. The number of nitriles is 1. The first-order valence-corrected chi connectivity index (χ1v) is 26.3. The molecule has 0 spiro atoms. The Morgan fingerprint density at radius 2 is 1.46 bits per heavy atom. The van der Waals surface area contributed by atoms with Crippen LogP contribution < -0.4 is 32.3 Å². The monoisotopic (exact) mass is 1080 g/mol. The van der Waals surface area contributed by atoms with Crippen LogP contribution in [0.15, 0.2) is 60.7 Å². The number of amides is 10. The third-order valence-corrected chi connectivity index (χ3v) is 14.0. The van der Waals surface area contributed by atoms with Gasteiger partial charge in [0, 0.05) is 75.6 Å². The number of hydrogen-bond acceptors (Lipinski definition) is 15. The average molecular weight is 1080 g/mol. The summed E-state index contributed by atoms with van der Waals surface area (Å²) in [7, 11) is 1.91. The van der Waals surface area contributed by atoms with Crippen molar-refractivity contribution >= 4 is 65.3 Å². The van der Waals surface area contributed by atoms with Crippen molar-refractivity contribution in [1.82, 2.24) is 40.9 Å². The molecule has 420 valence electrons. The Bertz CT molecular complexity index is 2600. The standard InChI is InChI=1S/C54H71N11O13/c1-34(36-14-12-35(32-55)13-15-36)59-46(69)41-31-39(33-65(41)51(74)78-53(2,3)4)76-52(75)77-44(47(70)63-29-27-62(5)28-30-63)37-16-18-38(19-17-37)60-45(68)40(11-9-25-58-50(56)73)61-49(72)54(22-10-23-54)48(71)57-24-7-6-8-26-64-42(66)20-21-43(64)67/h12-21,34,39-41,44H,6-11,22-31,33H2,1-5H3,(H,57,71)(H,59,69)(H,60,68)(H,61,72)(H3,56,58,73)/t34-,39+,40-,41-,44?/m0/s1. The van der Waals surface area contributed by atoms with E-state index in [1.54, 1.807) is 56.9 Å². The number of anilines is 1. The van der Waals surface area contributed by atoms with E-state index in [1.807, 2.05) is 11.9 Å². The highest BCUT2D eigenvalue weighted by molar-refractivity contribution is 6.13. The summed E-state index contributed by atoms with van der Waals surface area (Å²) >= 11 is 0. The lowest BCUT2D eigenvalue weighted by Crippen LogP contribution is -2.58. The molecule has 4 aliphatic rings. The Balaban J connectivity index is 1.11. The number of piperazine rings is 1. The van der Waals surface area contributed by atoms with Gasteiger partial charge in [-0.3, -0.25) is 43.4 Å². The first kappa shape index (κ1) is 59.2. The molecule has 3 fully saturated rings. The molecule has 24 nitrogen and oxygen atoms in total. The van der Waals surface area contributed by atoms with Crippen molar-refractivity contribution < 1.29 is 62.2 Å². The van der Waals surface area contributed by atoms with Crippen LogP contribution in [0.5, 0.6) is 0 Å². The molecule has 0 aromatic heterocycles. The number of ether oxygens (including phenoxy) is 3. The predicted molar refractivity (Wildman–Crippen MR) is 280 cm³/mol. The van der Waals surface area contributed by atoms with Crippen LogP contribution in [0.4, 0.5) is 20.1 Å². The highest BCUT2D eigenvalue weighted by Gasteiger charge is 2.51. The summed E-state index contributed by atoms with van der Waals surface area (Å²) in [5, 5.41) is 22.9. The van der Waals surface area contributed by atoms with Crippen LogP contribution in [0.25, 0.3) is 0 Å². The molecule has 1 aliphatic carbocycles. The zero-order valence-electron chi connectivity index (χ0n) is 44.8. The van der Waals surface area contributed by atoms with Crippen LogP contribution in [-0.4, -0.2) is 162 Å². The fourth-order valence-electron chi connectivity index (χ4n) is 9.34. The highest BCUT2D eigenvalue weighted by atomic mass is 16.7. The van der Waals surface area contributed by atoms with Crippen molar-refractivity contribution in [2.24, 2.45) is 11.1 Å². The lowest BCUT2D eigenvalue weighted by atomic mass is 9.67. The summed E-state index contributed by atoms with van der Waals surface area (Å²) in [4.78, 5) is 138. The Morgan fingerprint density at radius 1 is 0.821 bits per heavy atom. The summed E-state index contributed by atoms with van der Waals surface area (Å²) in [5.74, 6) is -3.58. The van der Waals surface area contributed by atoms with Crippen molar-refractivity contribution in [2.75, 3.05) is 64.7 Å². The van der Waals surface area contributed by atoms with Gasteiger partial charge in [-0.05, 0) is 110 Å². The number of benzene rings is 2. The van der Waals surface area contributed by atoms with Crippen molar-refractivity contribution in [3.05, 3.63) is 77.4 Å². The van der Waals surface area contributed by atoms with Gasteiger partial charge in [-0.1, -0.05) is 30.7 Å². The van der Waals surface area contributed by atoms with Crippen molar-refractivity contribution in [3.63, 3.8) is 0 Å². The summed E-state index contributed by atoms with van der Waals surface area (Å²) in [6.07, 6.45) is 0.737. The minimum Gasteiger partial charge on any atom is -0.444 e. The van der Waals surface area contributed by atoms with Crippen LogP contribution in [0.2, 0.25) is 0 Å². The van der Waals surface area contributed by atoms with E-state index in [2.05, 4.69) is 32.7 Å². The molecule has 78 heavy (non-hydrogen) atoms. The molecule has 7 N–H and O–H groups in total.